The third-order valence-corrected chi connectivity index (χ3v) is 4.01. The molecule has 1 rings (SSSR count). The summed E-state index contributed by atoms with van der Waals surface area (Å²) >= 11 is 0. The third-order valence-electron chi connectivity index (χ3n) is 4.01. The summed E-state index contributed by atoms with van der Waals surface area (Å²) in [5, 5.41) is 9.20. The summed E-state index contributed by atoms with van der Waals surface area (Å²) in [4.78, 5) is 18.2. The Kier molecular flexibility index (Phi) is 12.2. The van der Waals surface area contributed by atoms with Crippen LogP contribution in [0, 0.1) is 0 Å². The topological polar surface area (TPSA) is 78.0 Å². The van der Waals surface area contributed by atoms with Gasteiger partial charge in [-0.15, -0.1) is 24.0 Å². The Bertz CT molecular complexity index is 406. The van der Waals surface area contributed by atoms with Gasteiger partial charge in [0.15, 0.2) is 5.96 Å². The number of ether oxygens (including phenoxy) is 1. The van der Waals surface area contributed by atoms with Gasteiger partial charge in [-0.3, -0.25) is 4.99 Å². The molecule has 1 amide bonds. The van der Waals surface area contributed by atoms with E-state index in [9.17, 15) is 4.79 Å². The van der Waals surface area contributed by atoms with Crippen molar-refractivity contribution in [3.8, 4) is 0 Å². The predicted octanol–water partition coefficient (Wildman–Crippen LogP) is 2.17. The monoisotopic (exact) mass is 469 g/mol. The quantitative estimate of drug-likeness (QED) is 0.231. The minimum atomic E-state index is -0.472. The number of likely N-dealkylation sites (N-methyl/N-ethyl adjacent to an activating group) is 1. The van der Waals surface area contributed by atoms with E-state index in [1.54, 1.807) is 7.05 Å². The number of hydrogen-bond acceptors (Lipinski definition) is 4. The summed E-state index contributed by atoms with van der Waals surface area (Å²) in [5.74, 6) is 0.751. The van der Waals surface area contributed by atoms with Gasteiger partial charge in [0.25, 0.3) is 0 Å². The normalized spacial score (nSPS) is 15.7. The van der Waals surface area contributed by atoms with Gasteiger partial charge in [0.1, 0.15) is 5.60 Å². The summed E-state index contributed by atoms with van der Waals surface area (Å²) in [5.41, 5.74) is -0.472. The standard InChI is InChI=1S/C17H35N5O2.HI/c1-17(2,3)24-16(23)21-11-10-19-15(18-4)20-12-13-22(5)14-8-6-7-9-14;/h14H,6-13H2,1-5H3,(H,21,23)(H2,18,19,20);1H. The molecular formula is C17H36IN5O2. The molecular weight excluding hydrogens is 433 g/mol. The maximum atomic E-state index is 11.5. The molecule has 0 aromatic heterocycles. The van der Waals surface area contributed by atoms with Gasteiger partial charge < -0.3 is 25.6 Å². The number of carbonyl (C=O) groups excluding carboxylic acids is 1. The Morgan fingerprint density at radius 1 is 1.12 bits per heavy atom. The second kappa shape index (κ2) is 12.6. The van der Waals surface area contributed by atoms with E-state index in [1.165, 1.54) is 25.7 Å². The molecule has 0 aromatic carbocycles. The summed E-state index contributed by atoms with van der Waals surface area (Å²) in [6.45, 7) is 8.47. The van der Waals surface area contributed by atoms with Gasteiger partial charge in [-0.25, -0.2) is 4.79 Å². The van der Waals surface area contributed by atoms with Crippen molar-refractivity contribution in [3.63, 3.8) is 0 Å². The van der Waals surface area contributed by atoms with E-state index in [4.69, 9.17) is 4.74 Å². The highest BCUT2D eigenvalue weighted by molar-refractivity contribution is 14.0. The molecule has 1 aliphatic carbocycles. The van der Waals surface area contributed by atoms with Crippen LogP contribution in [0.5, 0.6) is 0 Å². The zero-order valence-corrected chi connectivity index (χ0v) is 18.7. The van der Waals surface area contributed by atoms with Crippen LogP contribution in [-0.2, 0) is 4.74 Å². The molecule has 1 saturated carbocycles. The van der Waals surface area contributed by atoms with Crippen molar-refractivity contribution in [2.45, 2.75) is 58.1 Å². The zero-order chi connectivity index (χ0) is 18.0. The van der Waals surface area contributed by atoms with Crippen LogP contribution in [0.3, 0.4) is 0 Å². The second-order valence-corrected chi connectivity index (χ2v) is 7.27. The minimum absolute atomic E-state index is 0. The lowest BCUT2D eigenvalue weighted by Crippen LogP contribution is -2.45. The molecule has 0 bridgehead atoms. The number of rotatable bonds is 7. The molecule has 1 aliphatic rings. The number of amides is 1. The maximum Gasteiger partial charge on any atom is 0.407 e. The Labute approximate surface area is 169 Å². The lowest BCUT2D eigenvalue weighted by molar-refractivity contribution is 0.0529. The molecule has 0 aliphatic heterocycles. The van der Waals surface area contributed by atoms with Gasteiger partial charge in [0, 0.05) is 39.3 Å². The van der Waals surface area contributed by atoms with E-state index in [0.29, 0.717) is 13.1 Å². The van der Waals surface area contributed by atoms with E-state index in [1.807, 2.05) is 20.8 Å². The lowest BCUT2D eigenvalue weighted by Gasteiger charge is -2.24. The number of nitrogens with zero attached hydrogens (tertiary/aromatic N) is 2. The summed E-state index contributed by atoms with van der Waals surface area (Å²) in [7, 11) is 3.94. The molecule has 0 atom stereocenters. The average Bonchev–Trinajstić information content (AvgIpc) is 3.02. The highest BCUT2D eigenvalue weighted by Gasteiger charge is 2.19. The summed E-state index contributed by atoms with van der Waals surface area (Å²) < 4.78 is 5.18. The van der Waals surface area contributed by atoms with Crippen molar-refractivity contribution in [2.24, 2.45) is 4.99 Å². The van der Waals surface area contributed by atoms with Gasteiger partial charge in [-0.05, 0) is 40.7 Å². The molecule has 3 N–H and O–H groups in total. The molecule has 0 heterocycles. The average molecular weight is 469 g/mol. The number of carbonyl (C=O) groups is 1. The first-order valence-corrected chi connectivity index (χ1v) is 8.93. The molecule has 0 saturated heterocycles. The first kappa shape index (κ1) is 24.2. The Balaban J connectivity index is 0.00000576. The van der Waals surface area contributed by atoms with Crippen molar-refractivity contribution >= 4 is 36.0 Å². The Morgan fingerprint density at radius 2 is 1.68 bits per heavy atom. The van der Waals surface area contributed by atoms with Crippen LogP contribution in [0.15, 0.2) is 4.99 Å². The van der Waals surface area contributed by atoms with Gasteiger partial charge in [0.05, 0.1) is 0 Å². The van der Waals surface area contributed by atoms with E-state index < -0.39 is 11.7 Å². The Hall–Kier alpha value is -0.770. The fourth-order valence-electron chi connectivity index (χ4n) is 2.76. The highest BCUT2D eigenvalue weighted by atomic mass is 127. The van der Waals surface area contributed by atoms with E-state index >= 15 is 0 Å². The van der Waals surface area contributed by atoms with Crippen LogP contribution >= 0.6 is 24.0 Å². The van der Waals surface area contributed by atoms with Gasteiger partial charge >= 0.3 is 6.09 Å². The smallest absolute Gasteiger partial charge is 0.407 e. The van der Waals surface area contributed by atoms with E-state index in [-0.39, 0.29) is 24.0 Å². The predicted molar refractivity (Wildman–Crippen MR) is 114 cm³/mol. The largest absolute Gasteiger partial charge is 0.444 e. The zero-order valence-electron chi connectivity index (χ0n) is 16.4. The molecule has 7 nitrogen and oxygen atoms in total. The van der Waals surface area contributed by atoms with Crippen LogP contribution in [0.1, 0.15) is 46.5 Å². The second-order valence-electron chi connectivity index (χ2n) is 7.27. The molecule has 1 fully saturated rings. The van der Waals surface area contributed by atoms with Crippen LogP contribution in [0.25, 0.3) is 0 Å². The number of guanidine groups is 1. The fraction of sp³-hybridized carbons (Fsp3) is 0.882. The summed E-state index contributed by atoms with van der Waals surface area (Å²) in [6.07, 6.45) is 4.96. The van der Waals surface area contributed by atoms with Crippen molar-refractivity contribution < 1.29 is 9.53 Å². The minimum Gasteiger partial charge on any atom is -0.444 e. The van der Waals surface area contributed by atoms with Gasteiger partial charge in [0.2, 0.25) is 0 Å². The van der Waals surface area contributed by atoms with E-state index in [0.717, 1.165) is 25.1 Å². The van der Waals surface area contributed by atoms with Gasteiger partial charge in [-0.1, -0.05) is 12.8 Å². The maximum absolute atomic E-state index is 11.5. The van der Waals surface area contributed by atoms with Crippen LogP contribution in [0.4, 0.5) is 4.79 Å². The van der Waals surface area contributed by atoms with Gasteiger partial charge in [-0.2, -0.15) is 0 Å². The van der Waals surface area contributed by atoms with Crippen LogP contribution in [-0.4, -0.2) is 68.9 Å². The molecule has 25 heavy (non-hydrogen) atoms. The third kappa shape index (κ3) is 11.5. The summed E-state index contributed by atoms with van der Waals surface area (Å²) in [6, 6.07) is 0.736. The molecule has 0 radical (unpaired) electrons. The number of nitrogens with one attached hydrogen (secondary N) is 3. The molecule has 0 spiro atoms. The van der Waals surface area contributed by atoms with Crippen molar-refractivity contribution in [1.29, 1.82) is 0 Å². The molecule has 0 unspecified atom stereocenters. The first-order valence-electron chi connectivity index (χ1n) is 8.93. The number of alkyl carbamates (subject to hydrolysis) is 1. The van der Waals surface area contributed by atoms with Crippen LogP contribution < -0.4 is 16.0 Å². The number of hydrogen-bond donors (Lipinski definition) is 3. The van der Waals surface area contributed by atoms with Crippen molar-refractivity contribution in [2.75, 3.05) is 40.3 Å². The highest BCUT2D eigenvalue weighted by Crippen LogP contribution is 2.21. The lowest BCUT2D eigenvalue weighted by atomic mass is 10.2. The van der Waals surface area contributed by atoms with Crippen molar-refractivity contribution in [1.82, 2.24) is 20.9 Å². The SMILES string of the molecule is CN=C(NCCNC(=O)OC(C)(C)C)NCCN(C)C1CCCC1.I. The van der Waals surface area contributed by atoms with Crippen molar-refractivity contribution in [3.05, 3.63) is 0 Å². The molecule has 8 heteroatoms. The molecule has 0 aromatic rings. The number of aliphatic imine (C=N–C) groups is 1. The molecule has 148 valence electrons. The fourth-order valence-corrected chi connectivity index (χ4v) is 2.76. The first-order chi connectivity index (χ1) is 11.3. The number of halogens is 1. The van der Waals surface area contributed by atoms with E-state index in [2.05, 4.69) is 32.9 Å². The van der Waals surface area contributed by atoms with Crippen LogP contribution in [0.2, 0.25) is 0 Å². The Morgan fingerprint density at radius 3 is 2.24 bits per heavy atom.